The van der Waals surface area contributed by atoms with E-state index in [1.807, 2.05) is 0 Å². The second-order valence-electron chi connectivity index (χ2n) is 2.84. The summed E-state index contributed by atoms with van der Waals surface area (Å²) in [6.07, 6.45) is 2.55. The van der Waals surface area contributed by atoms with Crippen LogP contribution in [0, 0.1) is 0 Å². The standard InChI is InChI=1S/C8H14N4O2/c1-14-4-2-3-7(13)11-8-6(9)5-10-12-8/h5H,2-4,9H2,1H3,(H2,10,11,12,13). The van der Waals surface area contributed by atoms with E-state index in [1.54, 1.807) is 7.11 Å². The summed E-state index contributed by atoms with van der Waals surface area (Å²) in [7, 11) is 1.60. The average molecular weight is 198 g/mol. The maximum atomic E-state index is 11.3. The van der Waals surface area contributed by atoms with E-state index in [9.17, 15) is 4.79 Å². The van der Waals surface area contributed by atoms with Gasteiger partial charge in [-0.25, -0.2) is 0 Å². The van der Waals surface area contributed by atoms with Crippen molar-refractivity contribution in [3.05, 3.63) is 6.20 Å². The number of nitrogen functional groups attached to an aromatic ring is 1. The summed E-state index contributed by atoms with van der Waals surface area (Å²) >= 11 is 0. The molecule has 0 aliphatic heterocycles. The van der Waals surface area contributed by atoms with Gasteiger partial charge in [0, 0.05) is 20.1 Å². The Balaban J connectivity index is 2.31. The van der Waals surface area contributed by atoms with Gasteiger partial charge in [0.05, 0.1) is 11.9 Å². The molecule has 0 unspecified atom stereocenters. The van der Waals surface area contributed by atoms with Crippen LogP contribution in [-0.2, 0) is 9.53 Å². The Morgan fingerprint density at radius 1 is 1.79 bits per heavy atom. The van der Waals surface area contributed by atoms with Gasteiger partial charge < -0.3 is 15.8 Å². The summed E-state index contributed by atoms with van der Waals surface area (Å²) in [5, 5.41) is 8.88. The first-order chi connectivity index (χ1) is 6.74. The van der Waals surface area contributed by atoms with Crippen molar-refractivity contribution >= 4 is 17.4 Å². The van der Waals surface area contributed by atoms with Crippen molar-refractivity contribution in [2.45, 2.75) is 12.8 Å². The summed E-state index contributed by atoms with van der Waals surface area (Å²) in [5.41, 5.74) is 5.95. The number of aromatic nitrogens is 2. The summed E-state index contributed by atoms with van der Waals surface area (Å²) in [6, 6.07) is 0. The summed E-state index contributed by atoms with van der Waals surface area (Å²) in [6.45, 7) is 0.575. The molecule has 6 nitrogen and oxygen atoms in total. The van der Waals surface area contributed by atoms with Crippen molar-refractivity contribution in [3.8, 4) is 0 Å². The van der Waals surface area contributed by atoms with E-state index in [0.717, 1.165) is 0 Å². The zero-order valence-electron chi connectivity index (χ0n) is 8.04. The number of anilines is 2. The van der Waals surface area contributed by atoms with E-state index in [0.29, 0.717) is 31.0 Å². The van der Waals surface area contributed by atoms with E-state index >= 15 is 0 Å². The van der Waals surface area contributed by atoms with Crippen molar-refractivity contribution in [3.63, 3.8) is 0 Å². The number of ether oxygens (including phenoxy) is 1. The van der Waals surface area contributed by atoms with Gasteiger partial charge in [0.15, 0.2) is 5.82 Å². The first-order valence-electron chi connectivity index (χ1n) is 4.31. The molecular formula is C8H14N4O2. The van der Waals surface area contributed by atoms with E-state index < -0.39 is 0 Å². The quantitative estimate of drug-likeness (QED) is 0.595. The number of amides is 1. The number of H-pyrrole nitrogens is 1. The molecule has 4 N–H and O–H groups in total. The Hall–Kier alpha value is -1.56. The van der Waals surface area contributed by atoms with Gasteiger partial charge in [0.2, 0.25) is 5.91 Å². The second-order valence-corrected chi connectivity index (χ2v) is 2.84. The molecular weight excluding hydrogens is 184 g/mol. The number of hydrogen-bond donors (Lipinski definition) is 3. The zero-order chi connectivity index (χ0) is 10.4. The SMILES string of the molecule is COCCCC(=O)Nc1[nH]ncc1N. The van der Waals surface area contributed by atoms with Gasteiger partial charge in [-0.15, -0.1) is 0 Å². The Bertz CT molecular complexity index is 297. The fraction of sp³-hybridized carbons (Fsp3) is 0.500. The third-order valence-corrected chi connectivity index (χ3v) is 1.69. The molecule has 0 aliphatic rings. The normalized spacial score (nSPS) is 10.1. The maximum absolute atomic E-state index is 11.3. The largest absolute Gasteiger partial charge is 0.394 e. The van der Waals surface area contributed by atoms with Crippen molar-refractivity contribution in [1.82, 2.24) is 10.2 Å². The Morgan fingerprint density at radius 3 is 3.14 bits per heavy atom. The van der Waals surface area contributed by atoms with Gasteiger partial charge in [0.25, 0.3) is 0 Å². The molecule has 1 aromatic heterocycles. The zero-order valence-corrected chi connectivity index (χ0v) is 8.04. The number of nitrogens with two attached hydrogens (primary N) is 1. The summed E-state index contributed by atoms with van der Waals surface area (Å²) < 4.78 is 4.83. The molecule has 0 bridgehead atoms. The molecule has 1 aromatic rings. The molecule has 14 heavy (non-hydrogen) atoms. The predicted molar refractivity (Wildman–Crippen MR) is 52.7 cm³/mol. The van der Waals surface area contributed by atoms with Crippen molar-refractivity contribution in [2.24, 2.45) is 0 Å². The number of carbonyl (C=O) groups is 1. The van der Waals surface area contributed by atoms with Crippen LogP contribution in [0.4, 0.5) is 11.5 Å². The lowest BCUT2D eigenvalue weighted by Crippen LogP contribution is -2.13. The summed E-state index contributed by atoms with van der Waals surface area (Å²) in [5.74, 6) is 0.352. The lowest BCUT2D eigenvalue weighted by Gasteiger charge is -2.02. The molecule has 1 heterocycles. The highest BCUT2D eigenvalue weighted by Gasteiger charge is 2.05. The molecule has 0 atom stereocenters. The van der Waals surface area contributed by atoms with Crippen LogP contribution in [0.3, 0.4) is 0 Å². The minimum absolute atomic E-state index is 0.0991. The molecule has 0 aliphatic carbocycles. The number of carbonyl (C=O) groups excluding carboxylic acids is 1. The van der Waals surface area contributed by atoms with E-state index in [4.69, 9.17) is 10.5 Å². The molecule has 0 saturated carbocycles. The van der Waals surface area contributed by atoms with Gasteiger partial charge in [-0.05, 0) is 6.42 Å². The van der Waals surface area contributed by atoms with E-state index in [1.165, 1.54) is 6.20 Å². The number of methoxy groups -OCH3 is 1. The van der Waals surface area contributed by atoms with Crippen LogP contribution in [0.5, 0.6) is 0 Å². The fourth-order valence-corrected chi connectivity index (χ4v) is 0.975. The second kappa shape index (κ2) is 5.23. The Morgan fingerprint density at radius 2 is 2.57 bits per heavy atom. The molecule has 0 radical (unpaired) electrons. The van der Waals surface area contributed by atoms with Crippen molar-refractivity contribution < 1.29 is 9.53 Å². The number of hydrogen-bond acceptors (Lipinski definition) is 4. The van der Waals surface area contributed by atoms with Crippen LogP contribution in [0.15, 0.2) is 6.20 Å². The molecule has 1 rings (SSSR count). The highest BCUT2D eigenvalue weighted by atomic mass is 16.5. The van der Waals surface area contributed by atoms with E-state index in [-0.39, 0.29) is 5.91 Å². The van der Waals surface area contributed by atoms with Crippen molar-refractivity contribution in [1.29, 1.82) is 0 Å². The Labute approximate surface area is 81.8 Å². The molecule has 78 valence electrons. The van der Waals surface area contributed by atoms with E-state index in [2.05, 4.69) is 15.5 Å². The molecule has 0 fully saturated rings. The predicted octanol–water partition coefficient (Wildman–Crippen LogP) is 0.357. The lowest BCUT2D eigenvalue weighted by atomic mass is 10.3. The van der Waals surface area contributed by atoms with Crippen LogP contribution in [0.1, 0.15) is 12.8 Å². The average Bonchev–Trinajstić information content (AvgIpc) is 2.52. The number of nitrogens with one attached hydrogen (secondary N) is 2. The van der Waals surface area contributed by atoms with Crippen LogP contribution in [-0.4, -0.2) is 29.8 Å². The monoisotopic (exact) mass is 198 g/mol. The smallest absolute Gasteiger partial charge is 0.225 e. The van der Waals surface area contributed by atoms with Gasteiger partial charge >= 0.3 is 0 Å². The molecule has 0 saturated heterocycles. The van der Waals surface area contributed by atoms with Crippen molar-refractivity contribution in [2.75, 3.05) is 24.8 Å². The minimum atomic E-state index is -0.0991. The third-order valence-electron chi connectivity index (χ3n) is 1.69. The molecule has 0 aromatic carbocycles. The van der Waals surface area contributed by atoms with Crippen LogP contribution in [0.2, 0.25) is 0 Å². The van der Waals surface area contributed by atoms with Crippen LogP contribution in [0.25, 0.3) is 0 Å². The maximum Gasteiger partial charge on any atom is 0.225 e. The number of rotatable bonds is 5. The van der Waals surface area contributed by atoms with Crippen LogP contribution >= 0.6 is 0 Å². The Kier molecular flexibility index (Phi) is 3.93. The third kappa shape index (κ3) is 3.06. The molecule has 6 heteroatoms. The lowest BCUT2D eigenvalue weighted by molar-refractivity contribution is -0.116. The highest BCUT2D eigenvalue weighted by Crippen LogP contribution is 2.12. The topological polar surface area (TPSA) is 93.0 Å². The number of nitrogens with zero attached hydrogens (tertiary/aromatic N) is 1. The van der Waals surface area contributed by atoms with Gasteiger partial charge in [-0.3, -0.25) is 9.89 Å². The van der Waals surface area contributed by atoms with Gasteiger partial charge in [0.1, 0.15) is 0 Å². The van der Waals surface area contributed by atoms with Gasteiger partial charge in [-0.1, -0.05) is 0 Å². The molecule has 0 spiro atoms. The van der Waals surface area contributed by atoms with Gasteiger partial charge in [-0.2, -0.15) is 5.10 Å². The summed E-state index contributed by atoms with van der Waals surface area (Å²) in [4.78, 5) is 11.3. The fourth-order valence-electron chi connectivity index (χ4n) is 0.975. The minimum Gasteiger partial charge on any atom is -0.394 e. The first-order valence-corrected chi connectivity index (χ1v) is 4.31. The molecule has 1 amide bonds. The van der Waals surface area contributed by atoms with Crippen LogP contribution < -0.4 is 11.1 Å². The first kappa shape index (κ1) is 10.5. The number of aromatic amines is 1. The highest BCUT2D eigenvalue weighted by molar-refractivity contribution is 5.92.